The van der Waals surface area contributed by atoms with Gasteiger partial charge in [0.15, 0.2) is 0 Å². The van der Waals surface area contributed by atoms with E-state index in [2.05, 4.69) is 5.32 Å². The van der Waals surface area contributed by atoms with Gasteiger partial charge in [-0.25, -0.2) is 0 Å². The summed E-state index contributed by atoms with van der Waals surface area (Å²) in [6.45, 7) is 2.43. The van der Waals surface area contributed by atoms with E-state index >= 15 is 0 Å². The summed E-state index contributed by atoms with van der Waals surface area (Å²) >= 11 is 0. The maximum absolute atomic E-state index is 12.1. The van der Waals surface area contributed by atoms with E-state index in [0.717, 1.165) is 19.3 Å². The fraction of sp³-hybridized carbons (Fsp3) is 0.786. The van der Waals surface area contributed by atoms with Crippen LogP contribution in [0.1, 0.15) is 45.4 Å². The highest BCUT2D eigenvalue weighted by atomic mass is 16.4. The number of hydrogen-bond acceptors (Lipinski definition) is 4. The van der Waals surface area contributed by atoms with Gasteiger partial charge in [-0.2, -0.15) is 0 Å². The lowest BCUT2D eigenvalue weighted by Gasteiger charge is -2.28. The number of nitrogens with zero attached hydrogens (tertiary/aromatic N) is 1. The first-order valence-electron chi connectivity index (χ1n) is 7.36. The summed E-state index contributed by atoms with van der Waals surface area (Å²) in [5, 5.41) is 12.2. The number of rotatable bonds is 5. The number of imide groups is 1. The molecule has 0 aromatic heterocycles. The molecule has 1 unspecified atom stereocenters. The molecular weight excluding hydrogens is 260 g/mol. The van der Waals surface area contributed by atoms with Crippen molar-refractivity contribution in [2.45, 2.75) is 57.5 Å². The number of carboxylic acids is 1. The van der Waals surface area contributed by atoms with Crippen LogP contribution in [0.15, 0.2) is 0 Å². The molecule has 6 nitrogen and oxygen atoms in total. The molecule has 2 fully saturated rings. The number of nitrogens with one attached hydrogen (secondary N) is 1. The zero-order valence-electron chi connectivity index (χ0n) is 11.8. The number of likely N-dealkylation sites (tertiary alicyclic amines) is 1. The van der Waals surface area contributed by atoms with Crippen molar-refractivity contribution < 1.29 is 19.5 Å². The smallest absolute Gasteiger partial charge is 0.306 e. The van der Waals surface area contributed by atoms with Crippen LogP contribution >= 0.6 is 0 Å². The van der Waals surface area contributed by atoms with Crippen LogP contribution in [0.3, 0.4) is 0 Å². The number of amides is 2. The molecule has 1 aliphatic carbocycles. The number of carbonyl (C=O) groups is 3. The van der Waals surface area contributed by atoms with Gasteiger partial charge in [-0.15, -0.1) is 0 Å². The van der Waals surface area contributed by atoms with Crippen molar-refractivity contribution in [3.63, 3.8) is 0 Å². The Labute approximate surface area is 118 Å². The van der Waals surface area contributed by atoms with E-state index in [-0.39, 0.29) is 30.2 Å². The first-order chi connectivity index (χ1) is 9.52. The Balaban J connectivity index is 1.84. The average molecular weight is 282 g/mol. The summed E-state index contributed by atoms with van der Waals surface area (Å²) in [6.07, 6.45) is 3.79. The van der Waals surface area contributed by atoms with Crippen molar-refractivity contribution in [1.29, 1.82) is 0 Å². The molecule has 0 radical (unpaired) electrons. The third kappa shape index (κ3) is 3.17. The second-order valence-electron chi connectivity index (χ2n) is 5.69. The lowest BCUT2D eigenvalue weighted by Crippen LogP contribution is -2.45. The third-order valence-electron chi connectivity index (χ3n) is 4.20. The van der Waals surface area contributed by atoms with Crippen molar-refractivity contribution in [2.75, 3.05) is 6.54 Å². The molecule has 2 aliphatic rings. The molecule has 2 N–H and O–H groups in total. The number of carboxylic acid groups (broad SMARTS) is 1. The van der Waals surface area contributed by atoms with Crippen LogP contribution < -0.4 is 5.32 Å². The van der Waals surface area contributed by atoms with E-state index in [1.165, 1.54) is 4.90 Å². The molecule has 1 saturated carbocycles. The highest BCUT2D eigenvalue weighted by molar-refractivity contribution is 6.05. The van der Waals surface area contributed by atoms with Crippen LogP contribution in [-0.2, 0) is 14.4 Å². The SMILES string of the molecule is CCCN1C(=O)CC(NC2CCC(C(=O)O)CC2)C1=O. The minimum Gasteiger partial charge on any atom is -0.481 e. The topological polar surface area (TPSA) is 86.7 Å². The van der Waals surface area contributed by atoms with Gasteiger partial charge in [0.2, 0.25) is 11.8 Å². The molecule has 1 aliphatic heterocycles. The van der Waals surface area contributed by atoms with Gasteiger partial charge in [-0.05, 0) is 32.1 Å². The van der Waals surface area contributed by atoms with Crippen molar-refractivity contribution in [1.82, 2.24) is 10.2 Å². The third-order valence-corrected chi connectivity index (χ3v) is 4.20. The maximum atomic E-state index is 12.1. The molecule has 2 rings (SSSR count). The van der Waals surface area contributed by atoms with Gasteiger partial charge >= 0.3 is 5.97 Å². The summed E-state index contributed by atoms with van der Waals surface area (Å²) in [5.74, 6) is -1.22. The average Bonchev–Trinajstić information content (AvgIpc) is 2.67. The second-order valence-corrected chi connectivity index (χ2v) is 5.69. The van der Waals surface area contributed by atoms with Gasteiger partial charge in [0.1, 0.15) is 0 Å². The molecule has 0 spiro atoms. The fourth-order valence-corrected chi connectivity index (χ4v) is 3.06. The zero-order chi connectivity index (χ0) is 14.7. The lowest BCUT2D eigenvalue weighted by molar-refractivity contribution is -0.143. The van der Waals surface area contributed by atoms with Crippen molar-refractivity contribution >= 4 is 17.8 Å². The minimum atomic E-state index is -0.732. The van der Waals surface area contributed by atoms with E-state index in [1.54, 1.807) is 0 Å². The largest absolute Gasteiger partial charge is 0.481 e. The highest BCUT2D eigenvalue weighted by Crippen LogP contribution is 2.26. The molecule has 6 heteroatoms. The number of carbonyl (C=O) groups excluding carboxylic acids is 2. The quantitative estimate of drug-likeness (QED) is 0.727. The Kier molecular flexibility index (Phi) is 4.75. The Morgan fingerprint density at radius 1 is 1.30 bits per heavy atom. The normalized spacial score (nSPS) is 30.9. The lowest BCUT2D eigenvalue weighted by atomic mass is 9.86. The molecule has 0 aromatic carbocycles. The summed E-state index contributed by atoms with van der Waals surface area (Å²) in [5.41, 5.74) is 0. The Morgan fingerprint density at radius 2 is 1.95 bits per heavy atom. The van der Waals surface area contributed by atoms with Crippen LogP contribution in [0.5, 0.6) is 0 Å². The fourth-order valence-electron chi connectivity index (χ4n) is 3.06. The second kappa shape index (κ2) is 6.35. The Hall–Kier alpha value is -1.43. The molecule has 2 amide bonds. The monoisotopic (exact) mass is 282 g/mol. The first kappa shape index (κ1) is 15.0. The highest BCUT2D eigenvalue weighted by Gasteiger charge is 2.39. The number of aliphatic carboxylic acids is 1. The molecule has 0 aromatic rings. The summed E-state index contributed by atoms with van der Waals surface area (Å²) in [6, 6.07) is -0.269. The van der Waals surface area contributed by atoms with Crippen LogP contribution in [0.25, 0.3) is 0 Å². The summed E-state index contributed by atoms with van der Waals surface area (Å²) in [4.78, 5) is 36.1. The predicted octanol–water partition coefficient (Wildman–Crippen LogP) is 0.757. The molecule has 1 atom stereocenters. The van der Waals surface area contributed by atoms with Gasteiger partial charge in [-0.1, -0.05) is 6.92 Å². The molecule has 112 valence electrons. The number of hydrogen-bond donors (Lipinski definition) is 2. The van der Waals surface area contributed by atoms with Gasteiger partial charge < -0.3 is 10.4 Å². The summed E-state index contributed by atoms with van der Waals surface area (Å²) < 4.78 is 0. The Morgan fingerprint density at radius 3 is 2.50 bits per heavy atom. The summed E-state index contributed by atoms with van der Waals surface area (Å²) in [7, 11) is 0. The molecule has 0 bridgehead atoms. The van der Waals surface area contributed by atoms with Crippen LogP contribution in [0.2, 0.25) is 0 Å². The van der Waals surface area contributed by atoms with Gasteiger partial charge in [0.25, 0.3) is 0 Å². The van der Waals surface area contributed by atoms with Crippen molar-refractivity contribution in [2.24, 2.45) is 5.92 Å². The van der Waals surface area contributed by atoms with E-state index < -0.39 is 12.0 Å². The van der Waals surface area contributed by atoms with Gasteiger partial charge in [-0.3, -0.25) is 19.3 Å². The Bertz CT molecular complexity index is 402. The minimum absolute atomic E-state index is 0.103. The standard InChI is InChI=1S/C14H22N2O4/c1-2-7-16-12(17)8-11(13(16)18)15-10-5-3-9(4-6-10)14(19)20/h9-11,15H,2-8H2,1H3,(H,19,20). The van der Waals surface area contributed by atoms with Crippen LogP contribution in [0.4, 0.5) is 0 Å². The van der Waals surface area contributed by atoms with E-state index in [9.17, 15) is 14.4 Å². The maximum Gasteiger partial charge on any atom is 0.306 e. The van der Waals surface area contributed by atoms with Crippen molar-refractivity contribution in [3.8, 4) is 0 Å². The van der Waals surface area contributed by atoms with E-state index in [0.29, 0.717) is 19.4 Å². The zero-order valence-corrected chi connectivity index (χ0v) is 11.8. The first-order valence-corrected chi connectivity index (χ1v) is 7.36. The molecule has 1 heterocycles. The van der Waals surface area contributed by atoms with Gasteiger partial charge in [0, 0.05) is 12.6 Å². The molecule has 20 heavy (non-hydrogen) atoms. The van der Waals surface area contributed by atoms with E-state index in [4.69, 9.17) is 5.11 Å². The van der Waals surface area contributed by atoms with Gasteiger partial charge in [0.05, 0.1) is 18.4 Å². The van der Waals surface area contributed by atoms with E-state index in [1.807, 2.05) is 6.92 Å². The van der Waals surface area contributed by atoms with Crippen LogP contribution in [0, 0.1) is 5.92 Å². The molecular formula is C14H22N2O4. The molecule has 1 saturated heterocycles. The van der Waals surface area contributed by atoms with Crippen LogP contribution in [-0.4, -0.2) is 46.4 Å². The van der Waals surface area contributed by atoms with Crippen molar-refractivity contribution in [3.05, 3.63) is 0 Å². The predicted molar refractivity (Wildman–Crippen MR) is 71.9 cm³/mol.